The number of amides is 3. The molecule has 0 aromatic carbocycles. The number of carbonyl (C=O) groups is 3. The Morgan fingerprint density at radius 3 is 2.96 bits per heavy atom. The molecule has 0 saturated carbocycles. The van der Waals surface area contributed by atoms with Crippen LogP contribution in [0, 0.1) is 0 Å². The van der Waals surface area contributed by atoms with E-state index < -0.39 is 17.5 Å². The molecule has 2 aliphatic heterocycles. The van der Waals surface area contributed by atoms with Crippen LogP contribution in [0.1, 0.15) is 28.1 Å². The summed E-state index contributed by atoms with van der Waals surface area (Å²) in [6.45, 7) is 1.31. The van der Waals surface area contributed by atoms with Gasteiger partial charge in [-0.2, -0.15) is 0 Å². The van der Waals surface area contributed by atoms with Gasteiger partial charge in [0.25, 0.3) is 5.91 Å². The number of ether oxygens (including phenoxy) is 1. The van der Waals surface area contributed by atoms with Crippen molar-refractivity contribution in [2.45, 2.75) is 24.9 Å². The van der Waals surface area contributed by atoms with Gasteiger partial charge in [0.2, 0.25) is 0 Å². The van der Waals surface area contributed by atoms with Gasteiger partial charge in [-0.25, -0.2) is 9.59 Å². The molecule has 0 radical (unpaired) electrons. The van der Waals surface area contributed by atoms with E-state index in [1.165, 1.54) is 7.11 Å². The number of imide groups is 1. The number of urea groups is 1. The summed E-state index contributed by atoms with van der Waals surface area (Å²) in [4.78, 5) is 37.9. The van der Waals surface area contributed by atoms with Crippen LogP contribution >= 0.6 is 22.9 Å². The number of nitrogens with zero attached hydrogens (tertiary/aromatic N) is 1. The van der Waals surface area contributed by atoms with Crippen LogP contribution in [0.15, 0.2) is 6.07 Å². The lowest BCUT2D eigenvalue weighted by Gasteiger charge is -2.31. The second-order valence-electron chi connectivity index (χ2n) is 5.59. The van der Waals surface area contributed by atoms with Gasteiger partial charge < -0.3 is 15.4 Å². The van der Waals surface area contributed by atoms with Gasteiger partial charge in [0, 0.05) is 12.1 Å². The molecule has 3 rings (SSSR count). The average molecular weight is 358 g/mol. The Morgan fingerprint density at radius 2 is 2.30 bits per heavy atom. The molecule has 7 nitrogen and oxygen atoms in total. The van der Waals surface area contributed by atoms with Crippen molar-refractivity contribution in [1.29, 1.82) is 0 Å². The first-order chi connectivity index (χ1) is 11.0. The second kappa shape index (κ2) is 6.10. The van der Waals surface area contributed by atoms with Crippen LogP contribution in [0.5, 0.6) is 0 Å². The van der Waals surface area contributed by atoms with Gasteiger partial charge in [-0.15, -0.1) is 11.3 Å². The number of esters is 1. The third kappa shape index (κ3) is 2.82. The minimum absolute atomic E-state index is 0.0404. The Morgan fingerprint density at radius 1 is 1.52 bits per heavy atom. The molecule has 2 fully saturated rings. The normalized spacial score (nSPS) is 24.2. The molecule has 3 amide bonds. The number of methoxy groups -OCH3 is 1. The number of hydrogen-bond acceptors (Lipinski definition) is 6. The van der Waals surface area contributed by atoms with Gasteiger partial charge in [0.1, 0.15) is 10.4 Å². The lowest BCUT2D eigenvalue weighted by atomic mass is 9.90. The van der Waals surface area contributed by atoms with Crippen LogP contribution in [0.2, 0.25) is 4.34 Å². The molecular weight excluding hydrogens is 342 g/mol. The van der Waals surface area contributed by atoms with Gasteiger partial charge in [0.05, 0.1) is 18.0 Å². The summed E-state index contributed by atoms with van der Waals surface area (Å²) in [7, 11) is 1.28. The number of nitrogens with one attached hydrogen (secondary N) is 2. The Balaban J connectivity index is 1.80. The molecule has 1 spiro atoms. The highest BCUT2D eigenvalue weighted by Crippen LogP contribution is 2.32. The molecule has 2 aliphatic rings. The standard InChI is InChI=1S/C14H16ClN3O4S/c1-22-11(19)9-5-8(10(15)23-9)6-18-12(20)14(17-13(18)21)3-2-4-16-7-14/h5,16H,2-4,6-7H2,1H3,(H,17,21). The smallest absolute Gasteiger partial charge is 0.348 e. The van der Waals surface area contributed by atoms with E-state index >= 15 is 0 Å². The highest BCUT2D eigenvalue weighted by Gasteiger charge is 2.51. The maximum absolute atomic E-state index is 12.7. The number of thiophene rings is 1. The van der Waals surface area contributed by atoms with Crippen molar-refractivity contribution in [1.82, 2.24) is 15.5 Å². The maximum atomic E-state index is 12.7. The van der Waals surface area contributed by atoms with Crippen molar-refractivity contribution in [2.24, 2.45) is 0 Å². The van der Waals surface area contributed by atoms with Crippen molar-refractivity contribution in [3.8, 4) is 0 Å². The summed E-state index contributed by atoms with van der Waals surface area (Å²) in [6, 6.07) is 1.13. The van der Waals surface area contributed by atoms with Crippen LogP contribution in [0.4, 0.5) is 4.79 Å². The van der Waals surface area contributed by atoms with E-state index in [0.717, 1.165) is 29.2 Å². The summed E-state index contributed by atoms with van der Waals surface area (Å²) in [6.07, 6.45) is 1.44. The van der Waals surface area contributed by atoms with Gasteiger partial charge >= 0.3 is 12.0 Å². The molecule has 0 bridgehead atoms. The third-order valence-electron chi connectivity index (χ3n) is 4.10. The number of rotatable bonds is 3. The molecular formula is C14H16ClN3O4S. The van der Waals surface area contributed by atoms with Crippen molar-refractivity contribution in [2.75, 3.05) is 20.2 Å². The Bertz CT molecular complexity index is 669. The zero-order valence-corrected chi connectivity index (χ0v) is 14.1. The Kier molecular flexibility index (Phi) is 4.31. The molecule has 1 aromatic heterocycles. The predicted molar refractivity (Wildman–Crippen MR) is 84.6 cm³/mol. The molecule has 1 atom stereocenters. The van der Waals surface area contributed by atoms with Crippen LogP contribution in [0.25, 0.3) is 0 Å². The van der Waals surface area contributed by atoms with Gasteiger partial charge in [0.15, 0.2) is 0 Å². The predicted octanol–water partition coefficient (Wildman–Crippen LogP) is 1.36. The molecule has 3 heterocycles. The minimum Gasteiger partial charge on any atom is -0.465 e. The largest absolute Gasteiger partial charge is 0.465 e. The van der Waals surface area contributed by atoms with Crippen LogP contribution in [-0.4, -0.2) is 48.5 Å². The van der Waals surface area contributed by atoms with E-state index in [1.54, 1.807) is 6.07 Å². The zero-order chi connectivity index (χ0) is 16.6. The van der Waals surface area contributed by atoms with Gasteiger partial charge in [-0.05, 0) is 25.5 Å². The van der Waals surface area contributed by atoms with Crippen molar-refractivity contribution >= 4 is 40.8 Å². The van der Waals surface area contributed by atoms with E-state index in [-0.39, 0.29) is 12.5 Å². The average Bonchev–Trinajstić information content (AvgIpc) is 3.01. The monoisotopic (exact) mass is 357 g/mol. The molecule has 23 heavy (non-hydrogen) atoms. The van der Waals surface area contributed by atoms with E-state index in [1.807, 2.05) is 0 Å². The van der Waals surface area contributed by atoms with Gasteiger partial charge in [-0.1, -0.05) is 11.6 Å². The van der Waals surface area contributed by atoms with E-state index in [2.05, 4.69) is 15.4 Å². The molecule has 1 aromatic rings. The third-order valence-corrected chi connectivity index (χ3v) is 5.52. The fourth-order valence-electron chi connectivity index (χ4n) is 2.90. The molecule has 124 valence electrons. The molecule has 9 heteroatoms. The molecule has 2 N–H and O–H groups in total. The van der Waals surface area contributed by atoms with E-state index in [0.29, 0.717) is 27.7 Å². The zero-order valence-electron chi connectivity index (χ0n) is 12.5. The van der Waals surface area contributed by atoms with E-state index in [4.69, 9.17) is 11.6 Å². The highest BCUT2D eigenvalue weighted by atomic mass is 35.5. The van der Waals surface area contributed by atoms with Crippen molar-refractivity contribution < 1.29 is 19.1 Å². The summed E-state index contributed by atoms with van der Waals surface area (Å²) in [5.41, 5.74) is -0.301. The number of piperidine rings is 1. The van der Waals surface area contributed by atoms with Crippen molar-refractivity contribution in [3.63, 3.8) is 0 Å². The molecule has 1 unspecified atom stereocenters. The highest BCUT2D eigenvalue weighted by molar-refractivity contribution is 7.18. The maximum Gasteiger partial charge on any atom is 0.348 e. The lowest BCUT2D eigenvalue weighted by molar-refractivity contribution is -0.132. The number of hydrogen-bond donors (Lipinski definition) is 2. The minimum atomic E-state index is -0.858. The summed E-state index contributed by atoms with van der Waals surface area (Å²) < 4.78 is 5.02. The van der Waals surface area contributed by atoms with Gasteiger partial charge in [-0.3, -0.25) is 9.69 Å². The Labute approximate surface area is 141 Å². The molecule has 2 saturated heterocycles. The number of halogens is 1. The first kappa shape index (κ1) is 16.2. The first-order valence-corrected chi connectivity index (χ1v) is 8.37. The molecule has 0 aliphatic carbocycles. The van der Waals surface area contributed by atoms with Crippen LogP contribution < -0.4 is 10.6 Å². The Hall–Kier alpha value is -1.64. The summed E-state index contributed by atoms with van der Waals surface area (Å²) in [5.74, 6) is -0.745. The lowest BCUT2D eigenvalue weighted by Crippen LogP contribution is -2.57. The fourth-order valence-corrected chi connectivity index (χ4v) is 4.08. The SMILES string of the molecule is COC(=O)c1cc(CN2C(=O)NC3(CCCNC3)C2=O)c(Cl)s1. The summed E-state index contributed by atoms with van der Waals surface area (Å²) >= 11 is 7.19. The van der Waals surface area contributed by atoms with Crippen LogP contribution in [0.3, 0.4) is 0 Å². The number of carbonyl (C=O) groups excluding carboxylic acids is 3. The van der Waals surface area contributed by atoms with Crippen molar-refractivity contribution in [3.05, 3.63) is 20.8 Å². The summed E-state index contributed by atoms with van der Waals surface area (Å²) in [5, 5.41) is 5.94. The van der Waals surface area contributed by atoms with E-state index in [9.17, 15) is 14.4 Å². The first-order valence-electron chi connectivity index (χ1n) is 7.18. The topological polar surface area (TPSA) is 87.7 Å². The quantitative estimate of drug-likeness (QED) is 0.630. The van der Waals surface area contributed by atoms with Crippen LogP contribution in [-0.2, 0) is 16.1 Å². The second-order valence-corrected chi connectivity index (χ2v) is 7.24. The fraction of sp³-hybridized carbons (Fsp3) is 0.500.